The molecule has 0 spiro atoms. The van der Waals surface area contributed by atoms with Gasteiger partial charge in [-0.2, -0.15) is 0 Å². The number of hydrogen-bond donors (Lipinski definition) is 2. The van der Waals surface area contributed by atoms with Crippen LogP contribution in [0, 0.1) is 0 Å². The predicted molar refractivity (Wildman–Crippen MR) is 110 cm³/mol. The number of benzene rings is 1. The van der Waals surface area contributed by atoms with Gasteiger partial charge in [-0.15, -0.1) is 11.3 Å². The number of amides is 2. The van der Waals surface area contributed by atoms with E-state index in [1.807, 2.05) is 24.3 Å². The molecule has 1 saturated heterocycles. The van der Waals surface area contributed by atoms with Gasteiger partial charge in [-0.3, -0.25) is 14.7 Å². The van der Waals surface area contributed by atoms with Crippen molar-refractivity contribution in [3.63, 3.8) is 0 Å². The number of cyclic esters (lactones) is 1. The average Bonchev–Trinajstić information content (AvgIpc) is 3.42. The van der Waals surface area contributed by atoms with E-state index >= 15 is 0 Å². The second-order valence-corrected chi connectivity index (χ2v) is 8.25. The number of nitrogens with zero attached hydrogens (tertiary/aromatic N) is 2. The van der Waals surface area contributed by atoms with Gasteiger partial charge in [0.05, 0.1) is 28.8 Å². The van der Waals surface area contributed by atoms with Gasteiger partial charge >= 0.3 is 6.09 Å². The van der Waals surface area contributed by atoms with Crippen LogP contribution >= 0.6 is 22.9 Å². The summed E-state index contributed by atoms with van der Waals surface area (Å²) in [6.07, 6.45) is -0.108. The quantitative estimate of drug-likeness (QED) is 0.755. The minimum absolute atomic E-state index is 0.224. The molecule has 9 heteroatoms. The molecule has 28 heavy (non-hydrogen) atoms. The van der Waals surface area contributed by atoms with Crippen molar-refractivity contribution in [1.82, 2.24) is 10.6 Å². The summed E-state index contributed by atoms with van der Waals surface area (Å²) in [5.74, 6) is 0.744. The Labute approximate surface area is 171 Å². The van der Waals surface area contributed by atoms with Gasteiger partial charge in [-0.1, -0.05) is 23.7 Å². The lowest BCUT2D eigenvalue weighted by molar-refractivity contribution is 0.0920. The predicted octanol–water partition coefficient (Wildman–Crippen LogP) is 2.70. The zero-order valence-corrected chi connectivity index (χ0v) is 16.6. The first-order valence-electron chi connectivity index (χ1n) is 8.96. The zero-order chi connectivity index (χ0) is 19.5. The van der Waals surface area contributed by atoms with E-state index in [1.165, 1.54) is 11.3 Å². The first kappa shape index (κ1) is 18.8. The second-order valence-electron chi connectivity index (χ2n) is 6.53. The molecular formula is C19H19ClN4O3S. The Morgan fingerprint density at radius 2 is 2.29 bits per heavy atom. The van der Waals surface area contributed by atoms with Crippen LogP contribution in [0.15, 0.2) is 41.4 Å². The van der Waals surface area contributed by atoms with Gasteiger partial charge in [-0.25, -0.2) is 4.79 Å². The molecule has 1 fully saturated rings. The van der Waals surface area contributed by atoms with Crippen molar-refractivity contribution >= 4 is 46.5 Å². The molecule has 0 saturated carbocycles. The number of amidine groups is 1. The normalized spacial score (nSPS) is 18.6. The third-order valence-corrected chi connectivity index (χ3v) is 5.73. The second kappa shape index (κ2) is 8.20. The number of anilines is 1. The van der Waals surface area contributed by atoms with Crippen LogP contribution in [0.2, 0.25) is 4.34 Å². The van der Waals surface area contributed by atoms with E-state index < -0.39 is 12.2 Å². The van der Waals surface area contributed by atoms with Gasteiger partial charge in [0.2, 0.25) is 0 Å². The summed E-state index contributed by atoms with van der Waals surface area (Å²) in [6.45, 7) is 2.31. The Hall–Kier alpha value is -2.58. The van der Waals surface area contributed by atoms with Crippen LogP contribution in [0.3, 0.4) is 0 Å². The highest BCUT2D eigenvalue weighted by molar-refractivity contribution is 7.17. The van der Waals surface area contributed by atoms with E-state index in [0.29, 0.717) is 22.2 Å². The molecule has 4 rings (SSSR count). The van der Waals surface area contributed by atoms with E-state index in [1.54, 1.807) is 17.0 Å². The lowest BCUT2D eigenvalue weighted by Gasteiger charge is -2.14. The first-order valence-corrected chi connectivity index (χ1v) is 10.2. The Morgan fingerprint density at radius 1 is 1.39 bits per heavy atom. The molecule has 1 aromatic heterocycles. The number of nitrogens with one attached hydrogen (secondary N) is 2. The van der Waals surface area contributed by atoms with Crippen LogP contribution < -0.4 is 15.5 Å². The molecule has 7 nitrogen and oxygen atoms in total. The van der Waals surface area contributed by atoms with Crippen LogP contribution in [0.25, 0.3) is 0 Å². The van der Waals surface area contributed by atoms with Gasteiger partial charge < -0.3 is 15.4 Å². The van der Waals surface area contributed by atoms with E-state index in [2.05, 4.69) is 15.6 Å². The molecule has 1 unspecified atom stereocenters. The number of halogens is 1. The van der Waals surface area contributed by atoms with Crippen molar-refractivity contribution in [3.8, 4) is 0 Å². The van der Waals surface area contributed by atoms with Crippen molar-refractivity contribution in [2.24, 2.45) is 4.99 Å². The molecule has 0 bridgehead atoms. The molecule has 3 heterocycles. The van der Waals surface area contributed by atoms with Gasteiger partial charge in [0, 0.05) is 18.7 Å². The zero-order valence-electron chi connectivity index (χ0n) is 15.0. The van der Waals surface area contributed by atoms with E-state index in [4.69, 9.17) is 16.3 Å². The summed E-state index contributed by atoms with van der Waals surface area (Å²) in [4.78, 5) is 30.9. The summed E-state index contributed by atoms with van der Waals surface area (Å²) in [6, 6.07) is 11.1. The highest BCUT2D eigenvalue weighted by Crippen LogP contribution is 2.24. The molecule has 0 aliphatic carbocycles. The SMILES string of the molecule is O=C(NCC1CN(c2cccc(CC3=NCCN3)c2)C(=O)O1)c1ccc(Cl)s1. The largest absolute Gasteiger partial charge is 0.442 e. The number of thiophene rings is 1. The highest BCUT2D eigenvalue weighted by Gasteiger charge is 2.32. The Morgan fingerprint density at radius 3 is 3.04 bits per heavy atom. The fourth-order valence-electron chi connectivity index (χ4n) is 3.16. The van der Waals surface area contributed by atoms with Crippen molar-refractivity contribution in [1.29, 1.82) is 0 Å². The number of aliphatic imine (C=N–C) groups is 1. The molecule has 146 valence electrons. The number of hydrogen-bond acceptors (Lipinski definition) is 6. The summed E-state index contributed by atoms with van der Waals surface area (Å²) in [5.41, 5.74) is 1.85. The maximum atomic E-state index is 12.3. The van der Waals surface area contributed by atoms with E-state index in [9.17, 15) is 9.59 Å². The van der Waals surface area contributed by atoms with Crippen molar-refractivity contribution in [2.45, 2.75) is 12.5 Å². The summed E-state index contributed by atoms with van der Waals surface area (Å²) in [7, 11) is 0. The standard InChI is InChI=1S/C19H19ClN4O3S/c20-16-5-4-15(28-16)18(25)23-10-14-11-24(19(26)27-14)13-3-1-2-12(8-13)9-17-21-6-7-22-17/h1-5,8,14H,6-7,9-11H2,(H,21,22)(H,23,25). The van der Waals surface area contributed by atoms with Crippen LogP contribution in [-0.4, -0.2) is 50.1 Å². The highest BCUT2D eigenvalue weighted by atomic mass is 35.5. The lowest BCUT2D eigenvalue weighted by Crippen LogP contribution is -2.34. The van der Waals surface area contributed by atoms with Gasteiger partial charge in [0.1, 0.15) is 11.9 Å². The Bertz CT molecular complexity index is 929. The number of carbonyl (C=O) groups is 2. The van der Waals surface area contributed by atoms with Crippen LogP contribution in [-0.2, 0) is 11.2 Å². The van der Waals surface area contributed by atoms with Crippen LogP contribution in [0.5, 0.6) is 0 Å². The summed E-state index contributed by atoms with van der Waals surface area (Å²) < 4.78 is 5.96. The smallest absolute Gasteiger partial charge is 0.414 e. The summed E-state index contributed by atoms with van der Waals surface area (Å²) >= 11 is 7.07. The van der Waals surface area contributed by atoms with Crippen molar-refractivity contribution in [3.05, 3.63) is 51.2 Å². The third-order valence-electron chi connectivity index (χ3n) is 4.50. The van der Waals surface area contributed by atoms with Gasteiger partial charge in [-0.05, 0) is 29.8 Å². The van der Waals surface area contributed by atoms with Crippen LogP contribution in [0.1, 0.15) is 15.2 Å². The molecule has 0 radical (unpaired) electrons. The third kappa shape index (κ3) is 4.28. The molecule has 2 aromatic rings. The topological polar surface area (TPSA) is 83.0 Å². The molecule has 1 atom stereocenters. The first-order chi connectivity index (χ1) is 13.6. The average molecular weight is 419 g/mol. The van der Waals surface area contributed by atoms with Gasteiger partial charge in [0.15, 0.2) is 0 Å². The maximum absolute atomic E-state index is 12.3. The molecule has 1 aromatic carbocycles. The molecule has 2 aliphatic rings. The van der Waals surface area contributed by atoms with Crippen LogP contribution in [0.4, 0.5) is 10.5 Å². The van der Waals surface area contributed by atoms with Crippen molar-refractivity contribution in [2.75, 3.05) is 31.1 Å². The fraction of sp³-hybridized carbons (Fsp3) is 0.316. The van der Waals surface area contributed by atoms with E-state index in [-0.39, 0.29) is 12.5 Å². The monoisotopic (exact) mass is 418 g/mol. The molecule has 2 N–H and O–H groups in total. The Kier molecular flexibility index (Phi) is 5.50. The minimum atomic E-state index is -0.410. The molecular weight excluding hydrogens is 400 g/mol. The van der Waals surface area contributed by atoms with E-state index in [0.717, 1.165) is 30.2 Å². The number of ether oxygens (including phenoxy) is 1. The Balaban J connectivity index is 1.36. The lowest BCUT2D eigenvalue weighted by atomic mass is 10.1. The summed E-state index contributed by atoms with van der Waals surface area (Å²) in [5, 5.41) is 6.04. The minimum Gasteiger partial charge on any atom is -0.442 e. The molecule has 2 aliphatic heterocycles. The maximum Gasteiger partial charge on any atom is 0.414 e. The van der Waals surface area contributed by atoms with Crippen molar-refractivity contribution < 1.29 is 14.3 Å². The van der Waals surface area contributed by atoms with Gasteiger partial charge in [0.25, 0.3) is 5.91 Å². The number of carbonyl (C=O) groups excluding carboxylic acids is 2. The number of rotatable bonds is 6. The fourth-order valence-corrected chi connectivity index (χ4v) is 4.12. The molecule has 2 amide bonds.